The van der Waals surface area contributed by atoms with Crippen molar-refractivity contribution < 1.29 is 4.79 Å². The van der Waals surface area contributed by atoms with E-state index in [-0.39, 0.29) is 11.3 Å². The molecule has 0 aliphatic heterocycles. The topological polar surface area (TPSA) is 84.7 Å². The second kappa shape index (κ2) is 10.8. The number of fused-ring (bicyclic) bond motifs is 1. The predicted molar refractivity (Wildman–Crippen MR) is 133 cm³/mol. The van der Waals surface area contributed by atoms with Gasteiger partial charge in [-0.2, -0.15) is 5.10 Å². The molecule has 0 radical (unpaired) electrons. The van der Waals surface area contributed by atoms with Crippen LogP contribution in [-0.2, 0) is 12.0 Å². The van der Waals surface area contributed by atoms with E-state index < -0.39 is 0 Å². The summed E-state index contributed by atoms with van der Waals surface area (Å²) in [6.45, 7) is 12.6. The Labute approximate surface area is 194 Å². The fraction of sp³-hybridized carbons (Fsp3) is 0.500. The molecule has 0 saturated carbocycles. The van der Waals surface area contributed by atoms with Crippen molar-refractivity contribution in [1.29, 1.82) is 0 Å². The molecule has 1 amide bonds. The minimum absolute atomic E-state index is 0.0666. The monoisotopic (exact) mass is 454 g/mol. The number of amides is 1. The van der Waals surface area contributed by atoms with Crippen molar-refractivity contribution in [3.63, 3.8) is 0 Å². The summed E-state index contributed by atoms with van der Waals surface area (Å²) >= 11 is 1.65. The zero-order valence-corrected chi connectivity index (χ0v) is 20.6. The maximum absolute atomic E-state index is 12.6. The van der Waals surface area contributed by atoms with E-state index in [1.54, 1.807) is 18.0 Å². The summed E-state index contributed by atoms with van der Waals surface area (Å²) in [5.74, 6) is 1.71. The molecule has 0 aliphatic carbocycles. The third-order valence-electron chi connectivity index (χ3n) is 5.08. The first-order chi connectivity index (χ1) is 15.3. The van der Waals surface area contributed by atoms with E-state index in [1.165, 1.54) is 5.56 Å². The number of hydrogen-bond acceptors (Lipinski definition) is 6. The fourth-order valence-corrected chi connectivity index (χ4v) is 3.93. The molecule has 0 saturated heterocycles. The summed E-state index contributed by atoms with van der Waals surface area (Å²) in [6, 6.07) is 7.81. The molecule has 3 aromatic rings. The van der Waals surface area contributed by atoms with E-state index in [9.17, 15) is 4.79 Å². The normalized spacial score (nSPS) is 11.7. The Kier molecular flexibility index (Phi) is 8.12. The van der Waals surface area contributed by atoms with Crippen LogP contribution in [0.2, 0.25) is 0 Å². The third-order valence-corrected chi connectivity index (χ3v) is 6.13. The van der Waals surface area contributed by atoms with Crippen LogP contribution < -0.4 is 10.6 Å². The lowest BCUT2D eigenvalue weighted by molar-refractivity contribution is 0.0952. The molecule has 172 valence electrons. The van der Waals surface area contributed by atoms with Gasteiger partial charge in [0, 0.05) is 24.4 Å². The molecule has 7 nitrogen and oxygen atoms in total. The molecule has 32 heavy (non-hydrogen) atoms. The number of thioether (sulfide) groups is 1. The summed E-state index contributed by atoms with van der Waals surface area (Å²) < 4.78 is 1.84. The molecule has 0 atom stereocenters. The van der Waals surface area contributed by atoms with Crippen LogP contribution in [0.1, 0.15) is 63.4 Å². The highest BCUT2D eigenvalue weighted by molar-refractivity contribution is 7.99. The molecule has 0 bridgehead atoms. The summed E-state index contributed by atoms with van der Waals surface area (Å²) in [5.41, 5.74) is 2.73. The van der Waals surface area contributed by atoms with Crippen molar-refractivity contribution in [2.24, 2.45) is 0 Å². The number of anilines is 1. The van der Waals surface area contributed by atoms with E-state index in [4.69, 9.17) is 4.98 Å². The Morgan fingerprint density at radius 2 is 1.81 bits per heavy atom. The predicted octanol–water partition coefficient (Wildman–Crippen LogP) is 4.88. The quantitative estimate of drug-likeness (QED) is 0.336. The molecule has 8 heteroatoms. The minimum atomic E-state index is -0.0824. The van der Waals surface area contributed by atoms with Gasteiger partial charge >= 0.3 is 0 Å². The highest BCUT2D eigenvalue weighted by Crippen LogP contribution is 2.25. The van der Waals surface area contributed by atoms with Crippen molar-refractivity contribution in [2.45, 2.75) is 64.6 Å². The number of rotatable bonds is 10. The Bertz CT molecular complexity index is 1040. The highest BCUT2D eigenvalue weighted by Gasteiger charge is 2.15. The van der Waals surface area contributed by atoms with Gasteiger partial charge in [-0.3, -0.25) is 4.79 Å². The number of nitrogens with zero attached hydrogens (tertiary/aromatic N) is 4. The highest BCUT2D eigenvalue weighted by atomic mass is 32.2. The zero-order valence-electron chi connectivity index (χ0n) is 19.7. The largest absolute Gasteiger partial charge is 0.369 e. The van der Waals surface area contributed by atoms with Gasteiger partial charge in [0.15, 0.2) is 10.8 Å². The van der Waals surface area contributed by atoms with Crippen LogP contribution in [0.15, 0.2) is 35.6 Å². The van der Waals surface area contributed by atoms with Crippen LogP contribution >= 0.6 is 11.8 Å². The Hall–Kier alpha value is -2.61. The third kappa shape index (κ3) is 6.00. The molecule has 2 heterocycles. The SMILES string of the molecule is CCCNc1nc(SCCC)nc2c1cnn2CCNC(=O)c1ccc(C(C)(C)C)cc1. The molecular formula is C24H34N6OS. The number of carbonyl (C=O) groups excluding carboxylic acids is 1. The van der Waals surface area contributed by atoms with Crippen molar-refractivity contribution in [1.82, 2.24) is 25.1 Å². The standard InChI is InChI=1S/C24H34N6OS/c1-6-12-25-20-19-16-27-30(21(19)29-23(28-20)32-15-7-2)14-13-26-22(31)17-8-10-18(11-9-17)24(3,4)5/h8-11,16H,6-7,12-15H2,1-5H3,(H,26,31)(H,25,28,29). The summed E-state index contributed by atoms with van der Waals surface area (Å²) in [7, 11) is 0. The van der Waals surface area contributed by atoms with Gasteiger partial charge < -0.3 is 10.6 Å². The van der Waals surface area contributed by atoms with E-state index >= 15 is 0 Å². The van der Waals surface area contributed by atoms with Crippen molar-refractivity contribution in [3.05, 3.63) is 41.6 Å². The smallest absolute Gasteiger partial charge is 0.251 e. The first-order valence-electron chi connectivity index (χ1n) is 11.3. The van der Waals surface area contributed by atoms with Gasteiger partial charge in [0.1, 0.15) is 5.82 Å². The number of nitrogens with one attached hydrogen (secondary N) is 2. The van der Waals surface area contributed by atoms with Gasteiger partial charge in [0.05, 0.1) is 18.1 Å². The average Bonchev–Trinajstić information content (AvgIpc) is 3.18. The van der Waals surface area contributed by atoms with E-state index in [0.717, 1.165) is 47.1 Å². The van der Waals surface area contributed by atoms with Crippen LogP contribution in [0, 0.1) is 0 Å². The summed E-state index contributed by atoms with van der Waals surface area (Å²) in [6.07, 6.45) is 3.88. The van der Waals surface area contributed by atoms with Crippen LogP contribution in [-0.4, -0.2) is 44.5 Å². The number of benzene rings is 1. The molecule has 2 N–H and O–H groups in total. The van der Waals surface area contributed by atoms with Crippen LogP contribution in [0.3, 0.4) is 0 Å². The van der Waals surface area contributed by atoms with E-state index in [0.29, 0.717) is 18.7 Å². The number of hydrogen-bond donors (Lipinski definition) is 2. The Morgan fingerprint density at radius 3 is 2.47 bits per heavy atom. The van der Waals surface area contributed by atoms with Crippen molar-refractivity contribution in [3.8, 4) is 0 Å². The maximum Gasteiger partial charge on any atom is 0.251 e. The molecule has 3 rings (SSSR count). The first kappa shape index (κ1) is 24.0. The molecule has 0 aliphatic rings. The van der Waals surface area contributed by atoms with Gasteiger partial charge in [0.25, 0.3) is 5.91 Å². The van der Waals surface area contributed by atoms with Gasteiger partial charge in [-0.1, -0.05) is 58.5 Å². The van der Waals surface area contributed by atoms with Gasteiger partial charge in [0.2, 0.25) is 0 Å². The lowest BCUT2D eigenvalue weighted by Gasteiger charge is -2.19. The Morgan fingerprint density at radius 1 is 1.06 bits per heavy atom. The van der Waals surface area contributed by atoms with Gasteiger partial charge in [-0.15, -0.1) is 0 Å². The maximum atomic E-state index is 12.6. The second-order valence-electron chi connectivity index (χ2n) is 8.82. The number of carbonyl (C=O) groups is 1. The first-order valence-corrected chi connectivity index (χ1v) is 12.3. The zero-order chi connectivity index (χ0) is 23.1. The molecular weight excluding hydrogens is 420 g/mol. The molecule has 0 unspecified atom stereocenters. The molecule has 2 aromatic heterocycles. The fourth-order valence-electron chi connectivity index (χ4n) is 3.23. The lowest BCUT2D eigenvalue weighted by atomic mass is 9.87. The van der Waals surface area contributed by atoms with Gasteiger partial charge in [-0.05, 0) is 36.0 Å². The summed E-state index contributed by atoms with van der Waals surface area (Å²) in [4.78, 5) is 22.0. The molecule has 1 aromatic carbocycles. The van der Waals surface area contributed by atoms with Crippen molar-refractivity contribution in [2.75, 3.05) is 24.2 Å². The lowest BCUT2D eigenvalue weighted by Crippen LogP contribution is -2.27. The van der Waals surface area contributed by atoms with Gasteiger partial charge in [-0.25, -0.2) is 14.6 Å². The number of aromatic nitrogens is 4. The Balaban J connectivity index is 1.69. The van der Waals surface area contributed by atoms with Crippen LogP contribution in [0.4, 0.5) is 5.82 Å². The summed E-state index contributed by atoms with van der Waals surface area (Å²) in [5, 5.41) is 12.6. The minimum Gasteiger partial charge on any atom is -0.369 e. The van der Waals surface area contributed by atoms with Crippen LogP contribution in [0.5, 0.6) is 0 Å². The van der Waals surface area contributed by atoms with Crippen molar-refractivity contribution >= 4 is 34.5 Å². The molecule has 0 fully saturated rings. The second-order valence-corrected chi connectivity index (χ2v) is 9.88. The van der Waals surface area contributed by atoms with E-state index in [2.05, 4.69) is 55.3 Å². The van der Waals surface area contributed by atoms with E-state index in [1.807, 2.05) is 28.9 Å². The molecule has 0 spiro atoms. The van der Waals surface area contributed by atoms with Crippen LogP contribution in [0.25, 0.3) is 11.0 Å². The average molecular weight is 455 g/mol.